The first-order valence-electron chi connectivity index (χ1n) is 8.46. The predicted octanol–water partition coefficient (Wildman–Crippen LogP) is 2.51. The fraction of sp³-hybridized carbons (Fsp3) is 0.421. The van der Waals surface area contributed by atoms with Crippen LogP contribution in [0, 0.1) is 6.92 Å². The minimum Gasteiger partial charge on any atom is -0.360 e. The molecule has 2 amide bonds. The van der Waals surface area contributed by atoms with Crippen LogP contribution in [-0.4, -0.2) is 41.0 Å². The van der Waals surface area contributed by atoms with Crippen LogP contribution in [0.15, 0.2) is 40.9 Å². The average molecular weight is 358 g/mol. The molecule has 26 heavy (non-hydrogen) atoms. The SMILES string of the molecule is Cc1cc(NC(=O)C(c2ccccc2)N(C)CC(=O)NC(C)(C)C)no1. The molecule has 0 spiro atoms. The smallest absolute Gasteiger partial charge is 0.247 e. The van der Waals surface area contributed by atoms with Crippen LogP contribution in [-0.2, 0) is 9.59 Å². The first-order valence-corrected chi connectivity index (χ1v) is 8.46. The molecule has 0 radical (unpaired) electrons. The predicted molar refractivity (Wildman–Crippen MR) is 99.6 cm³/mol. The van der Waals surface area contributed by atoms with Crippen molar-refractivity contribution in [1.29, 1.82) is 0 Å². The van der Waals surface area contributed by atoms with Crippen LogP contribution in [0.25, 0.3) is 0 Å². The van der Waals surface area contributed by atoms with Crippen molar-refractivity contribution in [1.82, 2.24) is 15.4 Å². The molecule has 0 saturated heterocycles. The minimum atomic E-state index is -0.640. The number of benzene rings is 1. The molecule has 1 aromatic carbocycles. The number of carbonyl (C=O) groups is 2. The second kappa shape index (κ2) is 8.14. The minimum absolute atomic E-state index is 0.0854. The summed E-state index contributed by atoms with van der Waals surface area (Å²) < 4.78 is 4.99. The van der Waals surface area contributed by atoms with Crippen LogP contribution in [0.5, 0.6) is 0 Å². The van der Waals surface area contributed by atoms with Crippen LogP contribution in [0.4, 0.5) is 5.82 Å². The number of likely N-dealkylation sites (N-methyl/N-ethyl adjacent to an activating group) is 1. The normalized spacial score (nSPS) is 12.7. The Labute approximate surface area is 153 Å². The summed E-state index contributed by atoms with van der Waals surface area (Å²) in [5, 5.41) is 9.45. The molecule has 2 aromatic rings. The molecule has 7 heteroatoms. The first-order chi connectivity index (χ1) is 12.2. The van der Waals surface area contributed by atoms with Crippen molar-refractivity contribution >= 4 is 17.6 Å². The second-order valence-electron chi connectivity index (χ2n) is 7.34. The van der Waals surface area contributed by atoms with Gasteiger partial charge in [0.15, 0.2) is 5.82 Å². The third-order valence-electron chi connectivity index (χ3n) is 3.59. The maximum atomic E-state index is 12.9. The lowest BCUT2D eigenvalue weighted by molar-refractivity contribution is -0.126. The molecule has 2 N–H and O–H groups in total. The van der Waals surface area contributed by atoms with Gasteiger partial charge in [0.1, 0.15) is 11.8 Å². The van der Waals surface area contributed by atoms with Crippen molar-refractivity contribution in [2.45, 2.75) is 39.3 Å². The lowest BCUT2D eigenvalue weighted by Crippen LogP contribution is -2.47. The molecule has 0 saturated carbocycles. The van der Waals surface area contributed by atoms with E-state index in [1.807, 2.05) is 51.1 Å². The lowest BCUT2D eigenvalue weighted by atomic mass is 10.0. The van der Waals surface area contributed by atoms with Gasteiger partial charge in [-0.05, 0) is 40.3 Å². The zero-order chi connectivity index (χ0) is 19.3. The molecule has 1 atom stereocenters. The Bertz CT molecular complexity index is 750. The van der Waals surface area contributed by atoms with Crippen LogP contribution in [0.2, 0.25) is 0 Å². The summed E-state index contributed by atoms with van der Waals surface area (Å²) in [7, 11) is 1.74. The third kappa shape index (κ3) is 5.70. The summed E-state index contributed by atoms with van der Waals surface area (Å²) in [6.07, 6.45) is 0. The topological polar surface area (TPSA) is 87.5 Å². The standard InChI is InChI=1S/C19H26N4O3/c1-13-11-15(22-26-13)20-18(25)17(14-9-7-6-8-10-14)23(5)12-16(24)21-19(2,3)4/h6-11,17H,12H2,1-5H3,(H,21,24)(H,20,22,25). The van der Waals surface area contributed by atoms with Gasteiger partial charge in [-0.15, -0.1) is 0 Å². The summed E-state index contributed by atoms with van der Waals surface area (Å²) in [6, 6.07) is 10.3. The van der Waals surface area contributed by atoms with Crippen LogP contribution in [0.3, 0.4) is 0 Å². The zero-order valence-corrected chi connectivity index (χ0v) is 15.9. The Morgan fingerprint density at radius 3 is 2.42 bits per heavy atom. The van der Waals surface area contributed by atoms with Crippen LogP contribution >= 0.6 is 0 Å². The Morgan fingerprint density at radius 2 is 1.88 bits per heavy atom. The molecule has 1 unspecified atom stereocenters. The summed E-state index contributed by atoms with van der Waals surface area (Å²) in [6.45, 7) is 7.58. The number of hydrogen-bond donors (Lipinski definition) is 2. The molecule has 0 aliphatic carbocycles. The van der Waals surface area contributed by atoms with Gasteiger partial charge < -0.3 is 15.2 Å². The molecule has 0 aliphatic rings. The molecule has 140 valence electrons. The fourth-order valence-corrected chi connectivity index (χ4v) is 2.64. The van der Waals surface area contributed by atoms with E-state index < -0.39 is 6.04 Å². The number of carbonyl (C=O) groups excluding carboxylic acids is 2. The second-order valence-corrected chi connectivity index (χ2v) is 7.34. The summed E-state index contributed by atoms with van der Waals surface area (Å²) in [5.74, 6) is 0.525. The summed E-state index contributed by atoms with van der Waals surface area (Å²) in [5.41, 5.74) is 0.456. The molecule has 7 nitrogen and oxygen atoms in total. The molecular formula is C19H26N4O3. The highest BCUT2D eigenvalue weighted by atomic mass is 16.5. The van der Waals surface area contributed by atoms with Gasteiger partial charge in [-0.25, -0.2) is 0 Å². The van der Waals surface area contributed by atoms with E-state index in [-0.39, 0.29) is 23.9 Å². The monoisotopic (exact) mass is 358 g/mol. The number of aryl methyl sites for hydroxylation is 1. The number of amides is 2. The highest BCUT2D eigenvalue weighted by molar-refractivity contribution is 5.95. The lowest BCUT2D eigenvalue weighted by Gasteiger charge is -2.28. The van der Waals surface area contributed by atoms with E-state index in [9.17, 15) is 9.59 Å². The van der Waals surface area contributed by atoms with Crippen LogP contribution < -0.4 is 10.6 Å². The van der Waals surface area contributed by atoms with E-state index in [4.69, 9.17) is 4.52 Å². The fourth-order valence-electron chi connectivity index (χ4n) is 2.64. The quantitative estimate of drug-likeness (QED) is 0.828. The van der Waals surface area contributed by atoms with Crippen molar-refractivity contribution in [3.63, 3.8) is 0 Å². The molecule has 0 bridgehead atoms. The Hall–Kier alpha value is -2.67. The number of anilines is 1. The van der Waals surface area contributed by atoms with Gasteiger partial charge >= 0.3 is 0 Å². The summed E-state index contributed by atoms with van der Waals surface area (Å²) >= 11 is 0. The molecule has 2 rings (SSSR count). The highest BCUT2D eigenvalue weighted by Gasteiger charge is 2.28. The van der Waals surface area contributed by atoms with E-state index in [1.54, 1.807) is 24.9 Å². The highest BCUT2D eigenvalue weighted by Crippen LogP contribution is 2.21. The van der Waals surface area contributed by atoms with Crippen molar-refractivity contribution in [2.75, 3.05) is 18.9 Å². The Morgan fingerprint density at radius 1 is 1.23 bits per heavy atom. The van der Waals surface area contributed by atoms with Crippen molar-refractivity contribution in [2.24, 2.45) is 0 Å². The van der Waals surface area contributed by atoms with E-state index >= 15 is 0 Å². The molecular weight excluding hydrogens is 332 g/mol. The Balaban J connectivity index is 2.18. The van der Waals surface area contributed by atoms with Gasteiger partial charge in [0.05, 0.1) is 6.54 Å². The van der Waals surface area contributed by atoms with Gasteiger partial charge in [0, 0.05) is 11.6 Å². The number of aromatic nitrogens is 1. The maximum Gasteiger partial charge on any atom is 0.247 e. The molecule has 1 heterocycles. The average Bonchev–Trinajstić information content (AvgIpc) is 2.91. The number of nitrogens with zero attached hydrogens (tertiary/aromatic N) is 2. The van der Waals surface area contributed by atoms with Gasteiger partial charge in [-0.1, -0.05) is 35.5 Å². The van der Waals surface area contributed by atoms with Crippen molar-refractivity contribution in [3.8, 4) is 0 Å². The van der Waals surface area contributed by atoms with Gasteiger partial charge in [0.2, 0.25) is 11.8 Å². The van der Waals surface area contributed by atoms with Gasteiger partial charge in [0.25, 0.3) is 0 Å². The van der Waals surface area contributed by atoms with E-state index in [2.05, 4.69) is 15.8 Å². The number of hydrogen-bond acceptors (Lipinski definition) is 5. The van der Waals surface area contributed by atoms with Gasteiger partial charge in [-0.3, -0.25) is 14.5 Å². The summed E-state index contributed by atoms with van der Waals surface area (Å²) in [4.78, 5) is 26.8. The molecule has 0 fully saturated rings. The van der Waals surface area contributed by atoms with Gasteiger partial charge in [-0.2, -0.15) is 0 Å². The van der Waals surface area contributed by atoms with Crippen molar-refractivity contribution < 1.29 is 14.1 Å². The van der Waals surface area contributed by atoms with Crippen molar-refractivity contribution in [3.05, 3.63) is 47.7 Å². The van der Waals surface area contributed by atoms with E-state index in [1.165, 1.54) is 0 Å². The van der Waals surface area contributed by atoms with Crippen LogP contribution in [0.1, 0.15) is 38.1 Å². The number of nitrogens with one attached hydrogen (secondary N) is 2. The van der Waals surface area contributed by atoms with E-state index in [0.29, 0.717) is 11.6 Å². The molecule has 0 aliphatic heterocycles. The first kappa shape index (κ1) is 19.7. The molecule has 1 aromatic heterocycles. The van der Waals surface area contributed by atoms with E-state index in [0.717, 1.165) is 5.56 Å². The zero-order valence-electron chi connectivity index (χ0n) is 15.9. The Kier molecular flexibility index (Phi) is 6.15. The largest absolute Gasteiger partial charge is 0.360 e. The third-order valence-corrected chi connectivity index (χ3v) is 3.59. The maximum absolute atomic E-state index is 12.9. The number of rotatable bonds is 6.